The van der Waals surface area contributed by atoms with Crippen LogP contribution in [0.15, 0.2) is 48.5 Å². The van der Waals surface area contributed by atoms with Crippen molar-refractivity contribution in [2.75, 3.05) is 33.4 Å². The zero-order valence-electron chi connectivity index (χ0n) is 16.2. The van der Waals surface area contributed by atoms with Crippen LogP contribution >= 0.6 is 0 Å². The number of carbonyl (C=O) groups is 2. The van der Waals surface area contributed by atoms with Gasteiger partial charge in [0.05, 0.1) is 18.1 Å². The highest BCUT2D eigenvalue weighted by molar-refractivity contribution is 5.95. The molecule has 1 aliphatic rings. The lowest BCUT2D eigenvalue weighted by molar-refractivity contribution is -0.125. The number of aryl methyl sites for hydroxylation is 1. The summed E-state index contributed by atoms with van der Waals surface area (Å²) in [7, 11) is 1.58. The molecule has 28 heavy (non-hydrogen) atoms. The highest BCUT2D eigenvalue weighted by Crippen LogP contribution is 2.35. The van der Waals surface area contributed by atoms with Crippen LogP contribution in [0.4, 0.5) is 4.39 Å². The van der Waals surface area contributed by atoms with Gasteiger partial charge in [0.15, 0.2) is 0 Å². The Morgan fingerprint density at radius 1 is 1.14 bits per heavy atom. The third-order valence-electron chi connectivity index (χ3n) is 5.24. The van der Waals surface area contributed by atoms with Gasteiger partial charge in [0.2, 0.25) is 5.91 Å². The van der Waals surface area contributed by atoms with E-state index >= 15 is 0 Å². The standard InChI is InChI=1S/C22H25FN2O3/c1-15-7-3-4-8-16(15)18-13-25(14-19(18)21(26)24-11-12-28-2)22(27)17-9-5-6-10-20(17)23/h3-10,18-19H,11-14H2,1-2H3,(H,24,26)/t18-,19-/m0/s1. The largest absolute Gasteiger partial charge is 0.383 e. The number of benzene rings is 2. The number of hydrogen-bond acceptors (Lipinski definition) is 3. The molecule has 2 atom stereocenters. The van der Waals surface area contributed by atoms with Gasteiger partial charge in [0.25, 0.3) is 5.91 Å². The zero-order chi connectivity index (χ0) is 20.1. The minimum atomic E-state index is -0.548. The van der Waals surface area contributed by atoms with E-state index in [0.717, 1.165) is 11.1 Å². The Morgan fingerprint density at radius 3 is 2.57 bits per heavy atom. The molecule has 1 heterocycles. The molecule has 0 aliphatic carbocycles. The van der Waals surface area contributed by atoms with E-state index < -0.39 is 11.7 Å². The normalized spacial score (nSPS) is 18.9. The summed E-state index contributed by atoms with van der Waals surface area (Å²) in [4.78, 5) is 27.3. The third-order valence-corrected chi connectivity index (χ3v) is 5.24. The van der Waals surface area contributed by atoms with Crippen molar-refractivity contribution < 1.29 is 18.7 Å². The van der Waals surface area contributed by atoms with Gasteiger partial charge in [-0.3, -0.25) is 9.59 Å². The van der Waals surface area contributed by atoms with E-state index in [9.17, 15) is 14.0 Å². The van der Waals surface area contributed by atoms with Gasteiger partial charge in [0, 0.05) is 32.7 Å². The predicted molar refractivity (Wildman–Crippen MR) is 105 cm³/mol. The zero-order valence-corrected chi connectivity index (χ0v) is 16.2. The van der Waals surface area contributed by atoms with Crippen LogP contribution < -0.4 is 5.32 Å². The minimum Gasteiger partial charge on any atom is -0.383 e. The van der Waals surface area contributed by atoms with Crippen LogP contribution in [-0.2, 0) is 9.53 Å². The van der Waals surface area contributed by atoms with E-state index in [1.54, 1.807) is 24.1 Å². The van der Waals surface area contributed by atoms with E-state index in [4.69, 9.17) is 4.74 Å². The fraction of sp³-hybridized carbons (Fsp3) is 0.364. The molecule has 0 spiro atoms. The topological polar surface area (TPSA) is 58.6 Å². The highest BCUT2D eigenvalue weighted by Gasteiger charge is 2.41. The predicted octanol–water partition coefficient (Wildman–Crippen LogP) is 2.75. The number of amides is 2. The SMILES string of the molecule is COCCNC(=O)[C@H]1CN(C(=O)c2ccccc2F)C[C@H]1c1ccccc1C. The number of halogens is 1. The summed E-state index contributed by atoms with van der Waals surface area (Å²) in [6.45, 7) is 3.46. The van der Waals surface area contributed by atoms with Gasteiger partial charge in [-0.05, 0) is 30.2 Å². The first kappa shape index (κ1) is 20.0. The second-order valence-electron chi connectivity index (χ2n) is 7.04. The second-order valence-corrected chi connectivity index (χ2v) is 7.04. The number of rotatable bonds is 6. The maximum absolute atomic E-state index is 14.1. The molecule has 5 nitrogen and oxygen atoms in total. The molecular weight excluding hydrogens is 359 g/mol. The molecule has 2 amide bonds. The Kier molecular flexibility index (Phi) is 6.41. The lowest BCUT2D eigenvalue weighted by Crippen LogP contribution is -2.37. The average Bonchev–Trinajstić information content (AvgIpc) is 3.13. The van der Waals surface area contributed by atoms with Crippen LogP contribution in [0.5, 0.6) is 0 Å². The maximum atomic E-state index is 14.1. The molecule has 2 aromatic rings. The summed E-state index contributed by atoms with van der Waals surface area (Å²) in [6.07, 6.45) is 0. The minimum absolute atomic E-state index is 0.0338. The van der Waals surface area contributed by atoms with Crippen LogP contribution in [0.1, 0.15) is 27.4 Å². The summed E-state index contributed by atoms with van der Waals surface area (Å²) >= 11 is 0. The van der Waals surface area contributed by atoms with Crippen molar-refractivity contribution in [2.45, 2.75) is 12.8 Å². The number of nitrogens with one attached hydrogen (secondary N) is 1. The lowest BCUT2D eigenvalue weighted by atomic mass is 9.86. The number of carbonyl (C=O) groups excluding carboxylic acids is 2. The van der Waals surface area contributed by atoms with Gasteiger partial charge in [0.1, 0.15) is 5.82 Å². The number of hydrogen-bond donors (Lipinski definition) is 1. The smallest absolute Gasteiger partial charge is 0.256 e. The summed E-state index contributed by atoms with van der Waals surface area (Å²) in [6, 6.07) is 13.8. The number of ether oxygens (including phenoxy) is 1. The monoisotopic (exact) mass is 384 g/mol. The molecule has 0 aromatic heterocycles. The number of nitrogens with zero attached hydrogens (tertiary/aromatic N) is 1. The molecular formula is C22H25FN2O3. The molecule has 1 saturated heterocycles. The Hall–Kier alpha value is -2.73. The molecule has 3 rings (SSSR count). The van der Waals surface area contributed by atoms with Crippen molar-refractivity contribution >= 4 is 11.8 Å². The van der Waals surface area contributed by atoms with Crippen molar-refractivity contribution in [1.82, 2.24) is 10.2 Å². The first-order chi connectivity index (χ1) is 13.5. The van der Waals surface area contributed by atoms with Crippen LogP contribution in [0.3, 0.4) is 0 Å². The van der Waals surface area contributed by atoms with E-state index in [1.165, 1.54) is 12.1 Å². The molecule has 1 aliphatic heterocycles. The molecule has 0 radical (unpaired) electrons. The van der Waals surface area contributed by atoms with Crippen molar-refractivity contribution in [3.63, 3.8) is 0 Å². The molecule has 148 valence electrons. The quantitative estimate of drug-likeness (QED) is 0.779. The second kappa shape index (κ2) is 8.97. The molecule has 2 aromatic carbocycles. The number of methoxy groups -OCH3 is 1. The van der Waals surface area contributed by atoms with Crippen molar-refractivity contribution in [3.05, 3.63) is 71.0 Å². The van der Waals surface area contributed by atoms with Crippen LogP contribution in [0, 0.1) is 18.7 Å². The van der Waals surface area contributed by atoms with E-state index in [1.807, 2.05) is 31.2 Å². The van der Waals surface area contributed by atoms with Gasteiger partial charge < -0.3 is 15.0 Å². The number of likely N-dealkylation sites (tertiary alicyclic amines) is 1. The van der Waals surface area contributed by atoms with Crippen molar-refractivity contribution in [2.24, 2.45) is 5.92 Å². The van der Waals surface area contributed by atoms with Gasteiger partial charge in [-0.1, -0.05) is 36.4 Å². The van der Waals surface area contributed by atoms with Gasteiger partial charge in [-0.15, -0.1) is 0 Å². The third kappa shape index (κ3) is 4.22. The highest BCUT2D eigenvalue weighted by atomic mass is 19.1. The lowest BCUT2D eigenvalue weighted by Gasteiger charge is -2.19. The van der Waals surface area contributed by atoms with E-state index in [-0.39, 0.29) is 29.8 Å². The average molecular weight is 384 g/mol. The van der Waals surface area contributed by atoms with E-state index in [0.29, 0.717) is 19.7 Å². The summed E-state index contributed by atoms with van der Waals surface area (Å²) in [5.41, 5.74) is 2.15. The summed E-state index contributed by atoms with van der Waals surface area (Å²) in [5, 5.41) is 2.88. The molecule has 1 fully saturated rings. The maximum Gasteiger partial charge on any atom is 0.256 e. The Balaban J connectivity index is 1.86. The fourth-order valence-electron chi connectivity index (χ4n) is 3.77. The van der Waals surface area contributed by atoms with Crippen molar-refractivity contribution in [3.8, 4) is 0 Å². The molecule has 0 bridgehead atoms. The summed E-state index contributed by atoms with van der Waals surface area (Å²) < 4.78 is 19.1. The summed E-state index contributed by atoms with van der Waals surface area (Å²) in [5.74, 6) is -1.58. The molecule has 0 unspecified atom stereocenters. The van der Waals surface area contributed by atoms with Crippen LogP contribution in [0.25, 0.3) is 0 Å². The van der Waals surface area contributed by atoms with Crippen LogP contribution in [0.2, 0.25) is 0 Å². The Labute approximate surface area is 164 Å². The molecule has 6 heteroatoms. The first-order valence-electron chi connectivity index (χ1n) is 9.39. The van der Waals surface area contributed by atoms with Gasteiger partial charge >= 0.3 is 0 Å². The van der Waals surface area contributed by atoms with Gasteiger partial charge in [-0.2, -0.15) is 0 Å². The Morgan fingerprint density at radius 2 is 1.86 bits per heavy atom. The fourth-order valence-corrected chi connectivity index (χ4v) is 3.77. The molecule has 0 saturated carbocycles. The van der Waals surface area contributed by atoms with E-state index in [2.05, 4.69) is 5.32 Å². The van der Waals surface area contributed by atoms with Gasteiger partial charge in [-0.25, -0.2) is 4.39 Å². The first-order valence-corrected chi connectivity index (χ1v) is 9.39. The molecule has 1 N–H and O–H groups in total. The Bertz CT molecular complexity index is 855. The van der Waals surface area contributed by atoms with Crippen molar-refractivity contribution in [1.29, 1.82) is 0 Å². The van der Waals surface area contributed by atoms with Crippen LogP contribution in [-0.4, -0.2) is 50.1 Å².